The first-order valence-electron chi connectivity index (χ1n) is 6.79. The summed E-state index contributed by atoms with van der Waals surface area (Å²) in [5.41, 5.74) is -1.00. The van der Waals surface area contributed by atoms with Crippen LogP contribution in [0.15, 0.2) is 24.3 Å². The van der Waals surface area contributed by atoms with Gasteiger partial charge < -0.3 is 19.9 Å². The molecule has 0 aliphatic carbocycles. The van der Waals surface area contributed by atoms with Crippen molar-refractivity contribution in [2.24, 2.45) is 0 Å². The Morgan fingerprint density at radius 1 is 1.43 bits per heavy atom. The fraction of sp³-hybridized carbons (Fsp3) is 0.533. The number of carbonyl (C=O) groups is 1. The predicted octanol–water partition coefficient (Wildman–Crippen LogP) is 1.50. The van der Waals surface area contributed by atoms with Gasteiger partial charge in [0.25, 0.3) is 0 Å². The molecule has 1 aromatic rings. The molecule has 0 spiro atoms. The molecule has 0 aliphatic rings. The van der Waals surface area contributed by atoms with E-state index in [1.54, 1.807) is 20.1 Å². The molecule has 0 heterocycles. The fourth-order valence-corrected chi connectivity index (χ4v) is 1.61. The lowest BCUT2D eigenvalue weighted by atomic mass is 10.0. The summed E-state index contributed by atoms with van der Waals surface area (Å²) in [5.74, 6) is -0.231. The van der Waals surface area contributed by atoms with Gasteiger partial charge in [-0.25, -0.2) is 4.39 Å². The van der Waals surface area contributed by atoms with Crippen LogP contribution in [0.1, 0.15) is 19.8 Å². The van der Waals surface area contributed by atoms with Crippen LogP contribution in [0.2, 0.25) is 0 Å². The zero-order valence-corrected chi connectivity index (χ0v) is 12.4. The van der Waals surface area contributed by atoms with Crippen LogP contribution in [0.5, 0.6) is 5.75 Å². The second kappa shape index (κ2) is 8.59. The molecule has 1 amide bonds. The van der Waals surface area contributed by atoms with Gasteiger partial charge in [0.05, 0.1) is 18.6 Å². The van der Waals surface area contributed by atoms with Crippen molar-refractivity contribution in [1.82, 2.24) is 5.32 Å². The van der Waals surface area contributed by atoms with E-state index in [0.29, 0.717) is 18.8 Å². The molecular formula is C15H22FNO4. The molecule has 0 aromatic heterocycles. The van der Waals surface area contributed by atoms with Crippen LogP contribution in [-0.4, -0.2) is 43.5 Å². The van der Waals surface area contributed by atoms with E-state index in [2.05, 4.69) is 5.32 Å². The van der Waals surface area contributed by atoms with E-state index in [-0.39, 0.29) is 31.3 Å². The lowest BCUT2D eigenvalue weighted by molar-refractivity contribution is -0.122. The first-order chi connectivity index (χ1) is 9.93. The Kier molecular flexibility index (Phi) is 7.11. The van der Waals surface area contributed by atoms with Gasteiger partial charge in [-0.1, -0.05) is 6.07 Å². The highest BCUT2D eigenvalue weighted by Crippen LogP contribution is 2.12. The van der Waals surface area contributed by atoms with Crippen LogP contribution in [0.25, 0.3) is 0 Å². The first kappa shape index (κ1) is 17.4. The minimum Gasteiger partial charge on any atom is -0.493 e. The lowest BCUT2D eigenvalue weighted by Gasteiger charge is -2.23. The molecule has 0 bridgehead atoms. The molecular weight excluding hydrogens is 277 g/mol. The number of aliphatic hydroxyl groups is 1. The summed E-state index contributed by atoms with van der Waals surface area (Å²) in [7, 11) is 1.55. The molecule has 1 aromatic carbocycles. The number of amides is 1. The summed E-state index contributed by atoms with van der Waals surface area (Å²) in [6, 6.07) is 5.74. The normalized spacial score (nSPS) is 13.5. The van der Waals surface area contributed by atoms with Crippen LogP contribution >= 0.6 is 0 Å². The van der Waals surface area contributed by atoms with E-state index in [0.717, 1.165) is 0 Å². The number of hydrogen-bond donors (Lipinski definition) is 2. The third-order valence-electron chi connectivity index (χ3n) is 2.91. The molecule has 0 saturated heterocycles. The topological polar surface area (TPSA) is 67.8 Å². The summed E-state index contributed by atoms with van der Waals surface area (Å²) >= 11 is 0. The van der Waals surface area contributed by atoms with Gasteiger partial charge in [-0.2, -0.15) is 0 Å². The van der Waals surface area contributed by atoms with Crippen molar-refractivity contribution in [2.45, 2.75) is 25.4 Å². The van der Waals surface area contributed by atoms with E-state index in [4.69, 9.17) is 9.47 Å². The third kappa shape index (κ3) is 7.63. The highest BCUT2D eigenvalue weighted by atomic mass is 19.1. The molecule has 6 heteroatoms. The first-order valence-corrected chi connectivity index (χ1v) is 6.79. The zero-order valence-electron chi connectivity index (χ0n) is 12.4. The summed E-state index contributed by atoms with van der Waals surface area (Å²) in [5, 5.41) is 12.6. The monoisotopic (exact) mass is 299 g/mol. The van der Waals surface area contributed by atoms with Crippen molar-refractivity contribution in [2.75, 3.05) is 26.9 Å². The van der Waals surface area contributed by atoms with Gasteiger partial charge in [-0.05, 0) is 19.1 Å². The molecule has 5 nitrogen and oxygen atoms in total. The smallest absolute Gasteiger partial charge is 0.223 e. The van der Waals surface area contributed by atoms with E-state index in [1.807, 2.05) is 0 Å². The zero-order chi connectivity index (χ0) is 15.7. The van der Waals surface area contributed by atoms with Gasteiger partial charge in [0, 0.05) is 32.7 Å². The van der Waals surface area contributed by atoms with E-state index < -0.39 is 5.60 Å². The number of carbonyl (C=O) groups excluding carboxylic acids is 1. The maximum atomic E-state index is 12.9. The number of halogens is 1. The van der Waals surface area contributed by atoms with Crippen molar-refractivity contribution in [3.05, 3.63) is 30.1 Å². The Hall–Kier alpha value is -1.66. The van der Waals surface area contributed by atoms with Gasteiger partial charge in [0.15, 0.2) is 0 Å². The molecule has 0 radical (unpaired) electrons. The molecule has 1 unspecified atom stereocenters. The summed E-state index contributed by atoms with van der Waals surface area (Å²) < 4.78 is 23.1. The number of ether oxygens (including phenoxy) is 2. The average molecular weight is 299 g/mol. The molecule has 1 rings (SSSR count). The highest BCUT2D eigenvalue weighted by molar-refractivity contribution is 5.76. The molecule has 2 N–H and O–H groups in total. The molecule has 1 atom stereocenters. The quantitative estimate of drug-likeness (QED) is 0.725. The second-order valence-corrected chi connectivity index (χ2v) is 5.07. The standard InChI is InChI=1S/C15H22FNO4/c1-15(19,7-9-20-2)11-17-14(18)6-8-21-13-5-3-4-12(16)10-13/h3-5,10,19H,6-9,11H2,1-2H3,(H,17,18). The van der Waals surface area contributed by atoms with E-state index in [9.17, 15) is 14.3 Å². The Morgan fingerprint density at radius 3 is 2.86 bits per heavy atom. The Balaban J connectivity index is 2.22. The van der Waals surface area contributed by atoms with Crippen molar-refractivity contribution in [1.29, 1.82) is 0 Å². The second-order valence-electron chi connectivity index (χ2n) is 5.07. The summed E-state index contributed by atoms with van der Waals surface area (Å²) in [4.78, 5) is 11.6. The number of benzene rings is 1. The van der Waals surface area contributed by atoms with Gasteiger partial charge >= 0.3 is 0 Å². The van der Waals surface area contributed by atoms with Crippen LogP contribution in [0.3, 0.4) is 0 Å². The lowest BCUT2D eigenvalue weighted by Crippen LogP contribution is -2.41. The van der Waals surface area contributed by atoms with Crippen LogP contribution < -0.4 is 10.1 Å². The van der Waals surface area contributed by atoms with Gasteiger partial charge in [0.2, 0.25) is 5.91 Å². The van der Waals surface area contributed by atoms with Crippen molar-refractivity contribution >= 4 is 5.91 Å². The highest BCUT2D eigenvalue weighted by Gasteiger charge is 2.20. The SMILES string of the molecule is COCCC(C)(O)CNC(=O)CCOc1cccc(F)c1. The summed E-state index contributed by atoms with van der Waals surface area (Å²) in [6.45, 7) is 2.35. The largest absolute Gasteiger partial charge is 0.493 e. The Bertz CT molecular complexity index is 451. The minimum absolute atomic E-state index is 0.136. The fourth-order valence-electron chi connectivity index (χ4n) is 1.61. The van der Waals surface area contributed by atoms with Crippen molar-refractivity contribution < 1.29 is 23.8 Å². The molecule has 0 saturated carbocycles. The molecule has 0 aliphatic heterocycles. The van der Waals surface area contributed by atoms with Gasteiger partial charge in [-0.3, -0.25) is 4.79 Å². The van der Waals surface area contributed by atoms with Crippen LogP contribution in [0, 0.1) is 5.82 Å². The average Bonchev–Trinajstić information content (AvgIpc) is 2.43. The maximum Gasteiger partial charge on any atom is 0.223 e. The van der Waals surface area contributed by atoms with Crippen molar-refractivity contribution in [3.63, 3.8) is 0 Å². The molecule has 118 valence electrons. The van der Waals surface area contributed by atoms with Gasteiger partial charge in [-0.15, -0.1) is 0 Å². The van der Waals surface area contributed by atoms with Crippen molar-refractivity contribution in [3.8, 4) is 5.75 Å². The predicted molar refractivity (Wildman–Crippen MR) is 76.6 cm³/mol. The third-order valence-corrected chi connectivity index (χ3v) is 2.91. The maximum absolute atomic E-state index is 12.9. The minimum atomic E-state index is -1.00. The van der Waals surface area contributed by atoms with Crippen LogP contribution in [-0.2, 0) is 9.53 Å². The Morgan fingerprint density at radius 2 is 2.19 bits per heavy atom. The summed E-state index contributed by atoms with van der Waals surface area (Å²) in [6.07, 6.45) is 0.570. The number of hydrogen-bond acceptors (Lipinski definition) is 4. The number of methoxy groups -OCH3 is 1. The molecule has 0 fully saturated rings. The van der Waals surface area contributed by atoms with E-state index in [1.165, 1.54) is 18.2 Å². The van der Waals surface area contributed by atoms with Gasteiger partial charge in [0.1, 0.15) is 11.6 Å². The molecule has 21 heavy (non-hydrogen) atoms. The van der Waals surface area contributed by atoms with E-state index >= 15 is 0 Å². The Labute approximate surface area is 124 Å². The van der Waals surface area contributed by atoms with Crippen LogP contribution in [0.4, 0.5) is 4.39 Å². The number of rotatable bonds is 9. The number of nitrogens with one attached hydrogen (secondary N) is 1.